The molecule has 1 aromatic heterocycles. The number of alkyl halides is 3. The van der Waals surface area contributed by atoms with E-state index in [2.05, 4.69) is 21.3 Å². The first-order valence-corrected chi connectivity index (χ1v) is 13.1. The van der Waals surface area contributed by atoms with E-state index >= 15 is 0 Å². The molecule has 5 rings (SSSR count). The summed E-state index contributed by atoms with van der Waals surface area (Å²) in [6.45, 7) is 3.16. The molecule has 1 atom stereocenters. The first-order chi connectivity index (χ1) is 17.7. The van der Waals surface area contributed by atoms with Crippen LogP contribution in [0.3, 0.4) is 0 Å². The van der Waals surface area contributed by atoms with E-state index in [0.717, 1.165) is 38.1 Å². The molecule has 1 spiro atoms. The van der Waals surface area contributed by atoms with Gasteiger partial charge in [-0.3, -0.25) is 19.5 Å². The molecule has 2 amide bonds. The zero-order valence-electron chi connectivity index (χ0n) is 20.8. The molecule has 1 unspecified atom stereocenters. The maximum Gasteiger partial charge on any atom is 0.416 e. The predicted octanol–water partition coefficient (Wildman–Crippen LogP) is 4.48. The van der Waals surface area contributed by atoms with Crippen molar-refractivity contribution >= 4 is 11.8 Å². The van der Waals surface area contributed by atoms with Gasteiger partial charge in [0.2, 0.25) is 5.91 Å². The van der Waals surface area contributed by atoms with Gasteiger partial charge in [-0.2, -0.15) is 13.2 Å². The Kier molecular flexibility index (Phi) is 7.25. The molecule has 0 bridgehead atoms. The Morgan fingerprint density at radius 1 is 1.03 bits per heavy atom. The first kappa shape index (κ1) is 25.7. The van der Waals surface area contributed by atoms with Gasteiger partial charge in [0.05, 0.1) is 12.1 Å². The summed E-state index contributed by atoms with van der Waals surface area (Å²) in [5.74, 6) is -0.276. The molecular formula is C28H33F3N4O2. The van der Waals surface area contributed by atoms with Crippen LogP contribution in [0.5, 0.6) is 0 Å². The highest BCUT2D eigenvalue weighted by Gasteiger charge is 2.46. The molecular weight excluding hydrogens is 481 g/mol. The van der Waals surface area contributed by atoms with Crippen molar-refractivity contribution in [1.82, 2.24) is 20.1 Å². The monoisotopic (exact) mass is 514 g/mol. The lowest BCUT2D eigenvalue weighted by Crippen LogP contribution is -2.41. The van der Waals surface area contributed by atoms with E-state index in [1.807, 2.05) is 18.5 Å². The van der Waals surface area contributed by atoms with E-state index in [1.54, 1.807) is 4.90 Å². The average molecular weight is 515 g/mol. The molecule has 1 aliphatic carbocycles. The summed E-state index contributed by atoms with van der Waals surface area (Å²) in [6, 6.07) is 9.01. The SMILES string of the molecule is O=C(NCC(=O)N1CCC2(CCN(C3CCC(c4cccnc4)CC3)C2)C1)c1cccc(C(F)(F)F)c1. The van der Waals surface area contributed by atoms with Crippen molar-refractivity contribution in [3.8, 4) is 0 Å². The fourth-order valence-corrected chi connectivity index (χ4v) is 6.36. The van der Waals surface area contributed by atoms with E-state index in [4.69, 9.17) is 0 Å². The van der Waals surface area contributed by atoms with Crippen molar-refractivity contribution in [2.75, 3.05) is 32.7 Å². The molecule has 3 fully saturated rings. The van der Waals surface area contributed by atoms with Gasteiger partial charge in [-0.15, -0.1) is 0 Å². The second kappa shape index (κ2) is 10.4. The lowest BCUT2D eigenvalue weighted by atomic mass is 9.81. The number of carbonyl (C=O) groups excluding carboxylic acids is 2. The Balaban J connectivity index is 1.09. The van der Waals surface area contributed by atoms with Crippen LogP contribution in [0.1, 0.15) is 65.9 Å². The molecule has 1 N–H and O–H groups in total. The predicted molar refractivity (Wildman–Crippen MR) is 133 cm³/mol. The van der Waals surface area contributed by atoms with Crippen molar-refractivity contribution in [3.63, 3.8) is 0 Å². The van der Waals surface area contributed by atoms with E-state index in [0.29, 0.717) is 25.0 Å². The highest BCUT2D eigenvalue weighted by atomic mass is 19.4. The second-order valence-electron chi connectivity index (χ2n) is 10.8. The minimum atomic E-state index is -4.52. The van der Waals surface area contributed by atoms with Crippen molar-refractivity contribution in [2.45, 2.75) is 56.7 Å². The van der Waals surface area contributed by atoms with Gasteiger partial charge in [0, 0.05) is 49.0 Å². The van der Waals surface area contributed by atoms with Crippen molar-refractivity contribution in [3.05, 3.63) is 65.5 Å². The molecule has 2 aliphatic heterocycles. The Morgan fingerprint density at radius 2 is 1.81 bits per heavy atom. The molecule has 2 saturated heterocycles. The Labute approximate surface area is 215 Å². The number of benzene rings is 1. The lowest BCUT2D eigenvalue weighted by molar-refractivity contribution is -0.137. The second-order valence-corrected chi connectivity index (χ2v) is 10.8. The highest BCUT2D eigenvalue weighted by Crippen LogP contribution is 2.43. The lowest BCUT2D eigenvalue weighted by Gasteiger charge is -2.35. The quantitative estimate of drug-likeness (QED) is 0.639. The summed E-state index contributed by atoms with van der Waals surface area (Å²) in [5, 5.41) is 2.50. The van der Waals surface area contributed by atoms with Crippen LogP contribution >= 0.6 is 0 Å². The number of rotatable bonds is 5. The molecule has 6 nitrogen and oxygen atoms in total. The van der Waals surface area contributed by atoms with Gasteiger partial charge in [0.1, 0.15) is 0 Å². The highest BCUT2D eigenvalue weighted by molar-refractivity contribution is 5.96. The summed E-state index contributed by atoms with van der Waals surface area (Å²) < 4.78 is 38.8. The van der Waals surface area contributed by atoms with Gasteiger partial charge in [-0.25, -0.2) is 0 Å². The smallest absolute Gasteiger partial charge is 0.343 e. The summed E-state index contributed by atoms with van der Waals surface area (Å²) in [6.07, 6.45) is 6.01. The van der Waals surface area contributed by atoms with E-state index < -0.39 is 17.6 Å². The van der Waals surface area contributed by atoms with E-state index in [-0.39, 0.29) is 23.4 Å². The van der Waals surface area contributed by atoms with Gasteiger partial charge in [-0.05, 0) is 80.8 Å². The Morgan fingerprint density at radius 3 is 2.54 bits per heavy atom. The third kappa shape index (κ3) is 5.81. The molecule has 9 heteroatoms. The van der Waals surface area contributed by atoms with Crippen LogP contribution in [-0.2, 0) is 11.0 Å². The number of likely N-dealkylation sites (tertiary alicyclic amines) is 2. The molecule has 198 valence electrons. The van der Waals surface area contributed by atoms with E-state index in [1.165, 1.54) is 43.4 Å². The van der Waals surface area contributed by atoms with Crippen LogP contribution in [0, 0.1) is 5.41 Å². The molecule has 1 saturated carbocycles. The van der Waals surface area contributed by atoms with Gasteiger partial charge in [0.15, 0.2) is 0 Å². The van der Waals surface area contributed by atoms with Crippen molar-refractivity contribution < 1.29 is 22.8 Å². The number of carbonyl (C=O) groups is 2. The third-order valence-corrected chi connectivity index (χ3v) is 8.48. The van der Waals surface area contributed by atoms with Crippen LogP contribution in [-0.4, -0.2) is 65.4 Å². The zero-order chi connectivity index (χ0) is 26.0. The summed E-state index contributed by atoms with van der Waals surface area (Å²) >= 11 is 0. The molecule has 2 aromatic rings. The topological polar surface area (TPSA) is 65.5 Å². The minimum absolute atomic E-state index is 0.0981. The summed E-state index contributed by atoms with van der Waals surface area (Å²) in [4.78, 5) is 33.9. The fraction of sp³-hybridized carbons (Fsp3) is 0.536. The van der Waals surface area contributed by atoms with E-state index in [9.17, 15) is 22.8 Å². The van der Waals surface area contributed by atoms with Crippen LogP contribution in [0.15, 0.2) is 48.8 Å². The largest absolute Gasteiger partial charge is 0.416 e. The normalized spacial score (nSPS) is 26.5. The minimum Gasteiger partial charge on any atom is -0.343 e. The number of amides is 2. The maximum absolute atomic E-state index is 12.9. The number of hydrogen-bond acceptors (Lipinski definition) is 4. The summed E-state index contributed by atoms with van der Waals surface area (Å²) in [5.41, 5.74) is 0.444. The molecule has 0 radical (unpaired) electrons. The maximum atomic E-state index is 12.9. The molecule has 3 heterocycles. The molecule has 1 aromatic carbocycles. The number of nitrogens with zero attached hydrogens (tertiary/aromatic N) is 3. The fourth-order valence-electron chi connectivity index (χ4n) is 6.36. The van der Waals surface area contributed by atoms with Crippen LogP contribution in [0.25, 0.3) is 0 Å². The van der Waals surface area contributed by atoms with Gasteiger partial charge >= 0.3 is 6.18 Å². The van der Waals surface area contributed by atoms with Gasteiger partial charge in [-0.1, -0.05) is 12.1 Å². The zero-order valence-corrected chi connectivity index (χ0v) is 20.8. The molecule has 3 aliphatic rings. The van der Waals surface area contributed by atoms with Crippen molar-refractivity contribution in [1.29, 1.82) is 0 Å². The Hall–Kier alpha value is -2.94. The van der Waals surface area contributed by atoms with Crippen LogP contribution < -0.4 is 5.32 Å². The number of nitrogens with one attached hydrogen (secondary N) is 1. The average Bonchev–Trinajstić information content (AvgIpc) is 3.54. The van der Waals surface area contributed by atoms with Gasteiger partial charge in [0.25, 0.3) is 5.91 Å². The Bertz CT molecular complexity index is 1120. The molecule has 37 heavy (non-hydrogen) atoms. The third-order valence-electron chi connectivity index (χ3n) is 8.48. The number of pyridine rings is 1. The van der Waals surface area contributed by atoms with Gasteiger partial charge < -0.3 is 10.2 Å². The number of aromatic nitrogens is 1. The van der Waals surface area contributed by atoms with Crippen LogP contribution in [0.2, 0.25) is 0 Å². The van der Waals surface area contributed by atoms with Crippen molar-refractivity contribution in [2.24, 2.45) is 5.41 Å². The number of halogens is 3. The first-order valence-electron chi connectivity index (χ1n) is 13.1. The standard InChI is InChI=1S/C28H33F3N4O2/c29-28(30,31)23-5-1-3-21(15-23)26(37)33-17-25(36)35-14-11-27(19-35)10-13-34(18-27)24-8-6-20(7-9-24)22-4-2-12-32-16-22/h1-5,12,15-16,20,24H,6-11,13-14,17-19H2,(H,33,37). The summed E-state index contributed by atoms with van der Waals surface area (Å²) in [7, 11) is 0. The van der Waals surface area contributed by atoms with Crippen LogP contribution in [0.4, 0.5) is 13.2 Å². The number of hydrogen-bond donors (Lipinski definition) is 1.